The Bertz CT molecular complexity index is 1180. The highest BCUT2D eigenvalue weighted by Gasteiger charge is 2.34. The van der Waals surface area contributed by atoms with Crippen LogP contribution in [0, 0.1) is 0 Å². The van der Waals surface area contributed by atoms with E-state index in [4.69, 9.17) is 4.74 Å². The highest BCUT2D eigenvalue weighted by molar-refractivity contribution is 7.89. The van der Waals surface area contributed by atoms with Gasteiger partial charge in [0, 0.05) is 39.6 Å². The van der Waals surface area contributed by atoms with Gasteiger partial charge in [-0.2, -0.15) is 4.31 Å². The maximum absolute atomic E-state index is 13.2. The molecule has 4 heterocycles. The quantitative estimate of drug-likeness (QED) is 0.579. The molecule has 4 rings (SSSR count). The summed E-state index contributed by atoms with van der Waals surface area (Å²) in [5.41, 5.74) is 1.09. The van der Waals surface area contributed by atoms with Crippen molar-refractivity contribution in [1.82, 2.24) is 28.0 Å². The summed E-state index contributed by atoms with van der Waals surface area (Å²) >= 11 is 0. The number of methoxy groups -OCH3 is 1. The molecule has 1 fully saturated rings. The van der Waals surface area contributed by atoms with Crippen molar-refractivity contribution < 1.29 is 13.2 Å². The van der Waals surface area contributed by atoms with Crippen molar-refractivity contribution in [3.05, 3.63) is 41.3 Å². The molecule has 1 atom stereocenters. The van der Waals surface area contributed by atoms with Crippen LogP contribution in [-0.2, 0) is 28.4 Å². The Morgan fingerprint density at radius 1 is 1.31 bits per heavy atom. The maximum Gasteiger partial charge on any atom is 0.330 e. The maximum atomic E-state index is 13.2. The average Bonchev–Trinajstić information content (AvgIpc) is 3.28. The summed E-state index contributed by atoms with van der Waals surface area (Å²) in [4.78, 5) is 21.6. The monoisotopic (exact) mass is 420 g/mol. The van der Waals surface area contributed by atoms with Gasteiger partial charge in [-0.15, -0.1) is 0 Å². The first-order valence-electron chi connectivity index (χ1n) is 9.46. The molecule has 0 amide bonds. The Morgan fingerprint density at radius 3 is 2.86 bits per heavy atom. The van der Waals surface area contributed by atoms with E-state index in [2.05, 4.69) is 9.97 Å². The molecular weight excluding hydrogens is 396 g/mol. The smallest absolute Gasteiger partial charge is 0.330 e. The first-order chi connectivity index (χ1) is 13.9. The van der Waals surface area contributed by atoms with Crippen LogP contribution in [0.2, 0.25) is 0 Å². The number of aromatic nitrogens is 5. The molecule has 0 aromatic carbocycles. The van der Waals surface area contributed by atoms with E-state index in [9.17, 15) is 13.2 Å². The summed E-state index contributed by atoms with van der Waals surface area (Å²) in [5.74, 6) is 0. The molecule has 10 nitrogen and oxygen atoms in total. The molecule has 29 heavy (non-hydrogen) atoms. The van der Waals surface area contributed by atoms with Crippen LogP contribution in [0.1, 0.15) is 18.9 Å². The number of nitrogens with zero attached hydrogens (tertiary/aromatic N) is 6. The third-order valence-corrected chi connectivity index (χ3v) is 7.00. The molecule has 0 radical (unpaired) electrons. The molecule has 0 bridgehead atoms. The Hall–Kier alpha value is -2.50. The van der Waals surface area contributed by atoms with Crippen LogP contribution < -0.4 is 5.69 Å². The fourth-order valence-corrected chi connectivity index (χ4v) is 5.32. The van der Waals surface area contributed by atoms with Gasteiger partial charge in [-0.05, 0) is 25.0 Å². The van der Waals surface area contributed by atoms with Crippen LogP contribution in [-0.4, -0.2) is 63.2 Å². The van der Waals surface area contributed by atoms with Gasteiger partial charge in [0.15, 0.2) is 10.7 Å². The standard InChI is InChI=1S/C18H24N6O4S/c1-21-12-16(20-13-21)29(26,27)22-8-4-5-14(11-22)24-17-15(6-3-7-19-17)23(18(24)25)9-10-28-2/h3,6-7,12-14H,4-5,8-11H2,1-2H3/t14-/m0/s1. The number of fused-ring (bicyclic) bond motifs is 1. The van der Waals surface area contributed by atoms with Gasteiger partial charge >= 0.3 is 5.69 Å². The minimum absolute atomic E-state index is 0.0219. The lowest BCUT2D eigenvalue weighted by atomic mass is 10.1. The predicted octanol–water partition coefficient (Wildman–Crippen LogP) is 0.604. The Labute approximate surface area is 168 Å². The number of aryl methyl sites for hydroxylation is 1. The van der Waals surface area contributed by atoms with Crippen molar-refractivity contribution in [3.63, 3.8) is 0 Å². The highest BCUT2D eigenvalue weighted by atomic mass is 32.2. The van der Waals surface area contributed by atoms with Crippen LogP contribution in [0.5, 0.6) is 0 Å². The van der Waals surface area contributed by atoms with E-state index in [1.54, 1.807) is 40.1 Å². The fraction of sp³-hybridized carbons (Fsp3) is 0.500. The zero-order valence-electron chi connectivity index (χ0n) is 16.4. The summed E-state index contributed by atoms with van der Waals surface area (Å²) in [6.45, 7) is 1.42. The van der Waals surface area contributed by atoms with Crippen molar-refractivity contribution in [2.45, 2.75) is 30.5 Å². The van der Waals surface area contributed by atoms with E-state index in [-0.39, 0.29) is 23.3 Å². The predicted molar refractivity (Wildman–Crippen MR) is 106 cm³/mol. The number of pyridine rings is 1. The molecule has 156 valence electrons. The summed E-state index contributed by atoms with van der Waals surface area (Å²) in [5, 5.41) is 0.0219. The van der Waals surface area contributed by atoms with Crippen LogP contribution >= 0.6 is 0 Å². The van der Waals surface area contributed by atoms with Crippen molar-refractivity contribution in [2.75, 3.05) is 26.8 Å². The number of piperidine rings is 1. The number of ether oxygens (including phenoxy) is 1. The average molecular weight is 420 g/mol. The van der Waals surface area contributed by atoms with E-state index < -0.39 is 10.0 Å². The van der Waals surface area contributed by atoms with Gasteiger partial charge in [0.2, 0.25) is 0 Å². The van der Waals surface area contributed by atoms with Gasteiger partial charge in [-0.25, -0.2) is 23.2 Å². The third kappa shape index (κ3) is 3.49. The minimum atomic E-state index is -3.72. The summed E-state index contributed by atoms with van der Waals surface area (Å²) in [6.07, 6.45) is 5.95. The molecule has 3 aromatic rings. The zero-order chi connectivity index (χ0) is 20.6. The summed E-state index contributed by atoms with van der Waals surface area (Å²) < 4.78 is 37.4. The molecule has 3 aromatic heterocycles. The van der Waals surface area contributed by atoms with Gasteiger partial charge in [0.05, 0.1) is 31.0 Å². The lowest BCUT2D eigenvalue weighted by Crippen LogP contribution is -2.43. The third-order valence-electron chi connectivity index (χ3n) is 5.25. The summed E-state index contributed by atoms with van der Waals surface area (Å²) in [6, 6.07) is 3.34. The second-order valence-electron chi connectivity index (χ2n) is 7.18. The zero-order valence-corrected chi connectivity index (χ0v) is 17.2. The van der Waals surface area contributed by atoms with Gasteiger partial charge in [-0.3, -0.25) is 9.13 Å². The number of sulfonamides is 1. The molecule has 0 unspecified atom stereocenters. The van der Waals surface area contributed by atoms with E-state index in [1.165, 1.54) is 16.8 Å². The van der Waals surface area contributed by atoms with Gasteiger partial charge in [0.25, 0.3) is 10.0 Å². The van der Waals surface area contributed by atoms with E-state index in [0.29, 0.717) is 38.2 Å². The largest absolute Gasteiger partial charge is 0.383 e. The van der Waals surface area contributed by atoms with Crippen LogP contribution in [0.25, 0.3) is 11.2 Å². The number of rotatable bonds is 6. The minimum Gasteiger partial charge on any atom is -0.383 e. The molecule has 11 heteroatoms. The highest BCUT2D eigenvalue weighted by Crippen LogP contribution is 2.27. The van der Waals surface area contributed by atoms with E-state index in [0.717, 1.165) is 5.52 Å². The first-order valence-corrected chi connectivity index (χ1v) is 10.9. The van der Waals surface area contributed by atoms with Crippen LogP contribution in [0.4, 0.5) is 0 Å². The molecule has 0 spiro atoms. The van der Waals surface area contributed by atoms with Crippen molar-refractivity contribution in [1.29, 1.82) is 0 Å². The lowest BCUT2D eigenvalue weighted by molar-refractivity contribution is 0.186. The van der Waals surface area contributed by atoms with Crippen LogP contribution in [0.3, 0.4) is 0 Å². The normalized spacial score (nSPS) is 18.5. The number of imidazole rings is 2. The van der Waals surface area contributed by atoms with Crippen molar-refractivity contribution in [2.24, 2.45) is 7.05 Å². The van der Waals surface area contributed by atoms with Crippen molar-refractivity contribution in [3.8, 4) is 0 Å². The lowest BCUT2D eigenvalue weighted by Gasteiger charge is -2.31. The fourth-order valence-electron chi connectivity index (χ4n) is 3.84. The van der Waals surface area contributed by atoms with Crippen LogP contribution in [0.15, 0.2) is 40.7 Å². The van der Waals surface area contributed by atoms with Crippen molar-refractivity contribution >= 4 is 21.2 Å². The Balaban J connectivity index is 1.71. The molecule has 1 saturated heterocycles. The second-order valence-corrected chi connectivity index (χ2v) is 9.06. The Morgan fingerprint density at radius 2 is 2.14 bits per heavy atom. The van der Waals surface area contributed by atoms with Gasteiger partial charge in [-0.1, -0.05) is 0 Å². The van der Waals surface area contributed by atoms with Gasteiger partial charge < -0.3 is 9.30 Å². The molecule has 0 N–H and O–H groups in total. The van der Waals surface area contributed by atoms with E-state index >= 15 is 0 Å². The molecule has 1 aliphatic rings. The second kappa shape index (κ2) is 7.73. The molecular formula is C18H24N6O4S. The SMILES string of the molecule is COCCn1c(=O)n([C@H]2CCCN(S(=O)(=O)c3cn(C)cn3)C2)c2ncccc21. The molecule has 0 saturated carbocycles. The number of hydrogen-bond donors (Lipinski definition) is 0. The number of hydrogen-bond acceptors (Lipinski definition) is 6. The molecule has 1 aliphatic heterocycles. The van der Waals surface area contributed by atoms with Gasteiger partial charge in [0.1, 0.15) is 0 Å². The molecule has 0 aliphatic carbocycles. The summed E-state index contributed by atoms with van der Waals surface area (Å²) in [7, 11) is -0.402. The Kier molecular flexibility index (Phi) is 5.28. The first kappa shape index (κ1) is 19.8. The topological polar surface area (TPSA) is 104 Å². The van der Waals surface area contributed by atoms with E-state index in [1.807, 2.05) is 6.07 Å².